The van der Waals surface area contributed by atoms with Crippen LogP contribution in [0.2, 0.25) is 15.1 Å². The number of hydrogen-bond donors (Lipinski definition) is 1. The van der Waals surface area contributed by atoms with Gasteiger partial charge < -0.3 is 14.8 Å². The van der Waals surface area contributed by atoms with Gasteiger partial charge in [0.25, 0.3) is 5.91 Å². The van der Waals surface area contributed by atoms with Crippen LogP contribution in [0.1, 0.15) is 26.3 Å². The molecule has 0 aromatic heterocycles. The Morgan fingerprint density at radius 3 is 2.14 bits per heavy atom. The van der Waals surface area contributed by atoms with Gasteiger partial charge in [-0.15, -0.1) is 0 Å². The number of carbonyl (C=O) groups excluding carboxylic acids is 1. The molecule has 0 fully saturated rings. The Morgan fingerprint density at radius 1 is 1.04 bits per heavy atom. The number of nitrogens with one attached hydrogen (secondary N) is 1. The monoisotopic (exact) mass is 443 g/mol. The molecule has 0 saturated carbocycles. The maximum absolute atomic E-state index is 12.8. The Balaban J connectivity index is 2.02. The second kappa shape index (κ2) is 9.84. The molecule has 0 saturated heterocycles. The quantitative estimate of drug-likeness (QED) is 0.579. The first-order chi connectivity index (χ1) is 13.1. The van der Waals surface area contributed by atoms with Crippen molar-refractivity contribution in [1.29, 1.82) is 0 Å². The molecule has 2 rings (SSSR count). The summed E-state index contributed by atoms with van der Waals surface area (Å²) in [5.41, 5.74) is -0.0534. The average Bonchev–Trinajstić information content (AvgIpc) is 2.59. The van der Waals surface area contributed by atoms with Crippen LogP contribution in [-0.2, 0) is 16.0 Å². The van der Waals surface area contributed by atoms with Gasteiger partial charge in [-0.2, -0.15) is 0 Å². The van der Waals surface area contributed by atoms with E-state index in [-0.39, 0.29) is 18.1 Å². The summed E-state index contributed by atoms with van der Waals surface area (Å²) >= 11 is 17.9. The minimum Gasteiger partial charge on any atom is -0.478 e. The number of carbonyl (C=O) groups is 1. The summed E-state index contributed by atoms with van der Waals surface area (Å²) in [5.74, 6) is 0.156. The van der Waals surface area contributed by atoms with Crippen molar-refractivity contribution in [3.63, 3.8) is 0 Å². The number of hydrogen-bond acceptors (Lipinski definition) is 3. The van der Waals surface area contributed by atoms with Crippen LogP contribution in [0.15, 0.2) is 42.5 Å². The summed E-state index contributed by atoms with van der Waals surface area (Å²) in [6, 6.07) is 12.1. The fraction of sp³-hybridized carbons (Fsp3) is 0.381. The Hall–Kier alpha value is -1.46. The highest BCUT2D eigenvalue weighted by Gasteiger charge is 2.32. The average molecular weight is 445 g/mol. The summed E-state index contributed by atoms with van der Waals surface area (Å²) < 4.78 is 11.4. The molecule has 7 heteroatoms. The van der Waals surface area contributed by atoms with Gasteiger partial charge in [-0.05, 0) is 56.7 Å². The van der Waals surface area contributed by atoms with E-state index in [1.54, 1.807) is 39.2 Å². The van der Waals surface area contributed by atoms with Crippen molar-refractivity contribution < 1.29 is 14.3 Å². The lowest BCUT2D eigenvalue weighted by atomic mass is 10.0. The summed E-state index contributed by atoms with van der Waals surface area (Å²) in [5, 5.41) is 4.53. The molecule has 0 radical (unpaired) electrons. The molecular formula is C21H24Cl3NO3. The van der Waals surface area contributed by atoms with Gasteiger partial charge in [0.05, 0.1) is 12.1 Å². The molecule has 0 aliphatic rings. The highest BCUT2D eigenvalue weighted by Crippen LogP contribution is 2.27. The summed E-state index contributed by atoms with van der Waals surface area (Å²) in [6.07, 6.45) is 0.432. The molecule has 0 heterocycles. The topological polar surface area (TPSA) is 47.6 Å². The van der Waals surface area contributed by atoms with Crippen LogP contribution in [0.25, 0.3) is 0 Å². The minimum atomic E-state index is -1.12. The number of ether oxygens (including phenoxy) is 2. The van der Waals surface area contributed by atoms with Crippen LogP contribution in [0.3, 0.4) is 0 Å². The maximum Gasteiger partial charge on any atom is 0.263 e. The Morgan fingerprint density at radius 2 is 1.61 bits per heavy atom. The number of amides is 1. The number of benzene rings is 2. The third kappa shape index (κ3) is 6.56. The molecule has 0 aliphatic heterocycles. The van der Waals surface area contributed by atoms with E-state index in [0.717, 1.165) is 5.56 Å². The van der Waals surface area contributed by atoms with E-state index in [9.17, 15) is 4.79 Å². The molecule has 2 unspecified atom stereocenters. The van der Waals surface area contributed by atoms with Crippen LogP contribution in [-0.4, -0.2) is 30.8 Å². The molecule has 0 aliphatic carbocycles. The second-order valence-corrected chi connectivity index (χ2v) is 8.39. The lowest BCUT2D eigenvalue weighted by Gasteiger charge is -2.30. The molecule has 28 heavy (non-hydrogen) atoms. The highest BCUT2D eigenvalue weighted by atomic mass is 35.5. The molecule has 1 N–H and O–H groups in total. The lowest BCUT2D eigenvalue weighted by molar-refractivity contribution is -0.135. The van der Waals surface area contributed by atoms with Crippen molar-refractivity contribution in [3.05, 3.63) is 63.1 Å². The van der Waals surface area contributed by atoms with Crippen molar-refractivity contribution in [3.8, 4) is 5.75 Å². The molecule has 0 spiro atoms. The molecule has 0 bridgehead atoms. The second-order valence-electron chi connectivity index (χ2n) is 7.08. The fourth-order valence-corrected chi connectivity index (χ4v) is 3.35. The number of methoxy groups -OCH3 is 1. The molecule has 152 valence electrons. The standard InChI is InChI=1S/C21H24Cl3NO3/c1-13(19(27-4)9-14-5-7-15(22)8-6-14)25-20(26)21(2,3)28-18-11-16(23)10-17(24)12-18/h5-8,10-13,19H,9H2,1-4H3,(H,25,26). The van der Waals surface area contributed by atoms with Crippen LogP contribution >= 0.6 is 34.8 Å². The van der Waals surface area contributed by atoms with Crippen LogP contribution in [0, 0.1) is 0 Å². The minimum absolute atomic E-state index is 0.207. The summed E-state index contributed by atoms with van der Waals surface area (Å²) in [7, 11) is 1.62. The third-order valence-electron chi connectivity index (χ3n) is 4.33. The van der Waals surface area contributed by atoms with Gasteiger partial charge >= 0.3 is 0 Å². The third-order valence-corrected chi connectivity index (χ3v) is 5.01. The van der Waals surface area contributed by atoms with Crippen molar-refractivity contribution in [2.24, 2.45) is 0 Å². The zero-order valence-electron chi connectivity index (χ0n) is 16.3. The predicted molar refractivity (Wildman–Crippen MR) is 115 cm³/mol. The van der Waals surface area contributed by atoms with E-state index < -0.39 is 5.60 Å². The first kappa shape index (κ1) is 22.8. The van der Waals surface area contributed by atoms with Crippen molar-refractivity contribution in [2.75, 3.05) is 7.11 Å². The van der Waals surface area contributed by atoms with Gasteiger partial charge in [0.1, 0.15) is 5.75 Å². The summed E-state index contributed by atoms with van der Waals surface area (Å²) in [6.45, 7) is 5.27. The maximum atomic E-state index is 12.8. The number of halogens is 3. The van der Waals surface area contributed by atoms with Gasteiger partial charge in [0.15, 0.2) is 5.60 Å². The van der Waals surface area contributed by atoms with Gasteiger partial charge in [-0.3, -0.25) is 4.79 Å². The summed E-state index contributed by atoms with van der Waals surface area (Å²) in [4.78, 5) is 12.8. The van der Waals surface area contributed by atoms with Crippen molar-refractivity contribution in [1.82, 2.24) is 5.32 Å². The zero-order chi connectivity index (χ0) is 20.9. The molecule has 2 aromatic carbocycles. The molecule has 2 aromatic rings. The lowest BCUT2D eigenvalue weighted by Crippen LogP contribution is -2.52. The van der Waals surface area contributed by atoms with Crippen LogP contribution in [0.4, 0.5) is 0 Å². The van der Waals surface area contributed by atoms with E-state index in [1.807, 2.05) is 31.2 Å². The Labute approximate surface area is 181 Å². The van der Waals surface area contributed by atoms with E-state index in [4.69, 9.17) is 44.3 Å². The zero-order valence-corrected chi connectivity index (χ0v) is 18.5. The van der Waals surface area contributed by atoms with Crippen molar-refractivity contribution in [2.45, 2.75) is 44.9 Å². The smallest absolute Gasteiger partial charge is 0.263 e. The van der Waals surface area contributed by atoms with E-state index in [2.05, 4.69) is 5.32 Å². The normalized spacial score (nSPS) is 13.7. The van der Waals surface area contributed by atoms with Crippen LogP contribution < -0.4 is 10.1 Å². The van der Waals surface area contributed by atoms with E-state index >= 15 is 0 Å². The molecule has 1 amide bonds. The SMILES string of the molecule is COC(Cc1ccc(Cl)cc1)C(C)NC(=O)C(C)(C)Oc1cc(Cl)cc(Cl)c1. The van der Waals surface area contributed by atoms with Gasteiger partial charge in [0, 0.05) is 28.6 Å². The predicted octanol–water partition coefficient (Wildman–Crippen LogP) is 5.57. The number of rotatable bonds is 8. The Kier molecular flexibility index (Phi) is 8.02. The molecule has 4 nitrogen and oxygen atoms in total. The van der Waals surface area contributed by atoms with Gasteiger partial charge in [-0.25, -0.2) is 0 Å². The van der Waals surface area contributed by atoms with Crippen molar-refractivity contribution >= 4 is 40.7 Å². The molecule has 2 atom stereocenters. The Bertz CT molecular complexity index is 789. The first-order valence-electron chi connectivity index (χ1n) is 8.84. The fourth-order valence-electron chi connectivity index (χ4n) is 2.72. The largest absolute Gasteiger partial charge is 0.478 e. The molecular weight excluding hydrogens is 421 g/mol. The first-order valence-corrected chi connectivity index (χ1v) is 9.97. The van der Waals surface area contributed by atoms with Gasteiger partial charge in [-0.1, -0.05) is 46.9 Å². The van der Waals surface area contributed by atoms with E-state index in [1.165, 1.54) is 0 Å². The van der Waals surface area contributed by atoms with Gasteiger partial charge in [0.2, 0.25) is 0 Å². The van der Waals surface area contributed by atoms with Crippen LogP contribution in [0.5, 0.6) is 5.75 Å². The van der Waals surface area contributed by atoms with E-state index in [0.29, 0.717) is 27.2 Å². The highest BCUT2D eigenvalue weighted by molar-refractivity contribution is 6.34.